The highest BCUT2D eigenvalue weighted by molar-refractivity contribution is 7.86. The highest BCUT2D eigenvalue weighted by Crippen LogP contribution is 2.26. The zero-order valence-corrected chi connectivity index (χ0v) is 22.7. The van der Waals surface area contributed by atoms with E-state index < -0.39 is 28.0 Å². The molecule has 1 atom stereocenters. The number of hydrogen-bond donors (Lipinski definition) is 2. The van der Waals surface area contributed by atoms with Gasteiger partial charge >= 0.3 is 0 Å². The lowest BCUT2D eigenvalue weighted by Gasteiger charge is -2.27. The molecule has 0 saturated carbocycles. The van der Waals surface area contributed by atoms with E-state index in [1.165, 1.54) is 23.0 Å². The number of aromatic nitrogens is 3. The molecule has 2 amide bonds. The number of carbonyl (C=O) groups excluding carboxylic acids is 2. The van der Waals surface area contributed by atoms with E-state index in [4.69, 9.17) is 28.5 Å². The highest BCUT2D eigenvalue weighted by Gasteiger charge is 2.26. The Hall–Kier alpha value is -3.77. The van der Waals surface area contributed by atoms with Gasteiger partial charge in [0.2, 0.25) is 6.19 Å². The van der Waals surface area contributed by atoms with Crippen molar-refractivity contribution in [2.24, 2.45) is 4.36 Å². The van der Waals surface area contributed by atoms with Gasteiger partial charge in [-0.25, -0.2) is 9.67 Å². The number of rotatable bonds is 7. The summed E-state index contributed by atoms with van der Waals surface area (Å²) >= 11 is 12.3. The largest absolute Gasteiger partial charge is 0.346 e. The summed E-state index contributed by atoms with van der Waals surface area (Å²) in [5, 5.41) is 28.4. The lowest BCUT2D eigenvalue weighted by atomic mass is 10.0. The van der Waals surface area contributed by atoms with E-state index >= 15 is 0 Å². The molecule has 37 heavy (non-hydrogen) atoms. The van der Waals surface area contributed by atoms with E-state index in [1.807, 2.05) is 6.07 Å². The smallest absolute Gasteiger partial charge is 0.274 e. The number of hydrogen-bond acceptors (Lipinski definition) is 7. The van der Waals surface area contributed by atoms with Crippen molar-refractivity contribution < 1.29 is 9.59 Å². The summed E-state index contributed by atoms with van der Waals surface area (Å²) in [4.78, 5) is 30.9. The van der Waals surface area contributed by atoms with Crippen molar-refractivity contribution in [3.8, 4) is 18.1 Å². The van der Waals surface area contributed by atoms with E-state index in [0.29, 0.717) is 11.3 Å². The van der Waals surface area contributed by atoms with Crippen LogP contribution in [-0.4, -0.2) is 44.1 Å². The number of amides is 2. The van der Waals surface area contributed by atoms with Gasteiger partial charge in [0.15, 0.2) is 11.0 Å². The molecule has 0 bridgehead atoms. The number of nitrogens with one attached hydrogen (secondary N) is 2. The fourth-order valence-electron chi connectivity index (χ4n) is 3.62. The lowest BCUT2D eigenvalue weighted by Crippen LogP contribution is -2.47. The minimum Gasteiger partial charge on any atom is -0.346 e. The predicted octanol–water partition coefficient (Wildman–Crippen LogP) is 4.43. The second kappa shape index (κ2) is 11.5. The SMILES string of the molecule is Cc1cc(C#N)cc(C(=O)NC(C)(C)CS(C)=NC#N)c1NC(=O)c1cc(Cl)nn1-c1ncccc1Cl. The maximum atomic E-state index is 13.4. The van der Waals surface area contributed by atoms with Gasteiger partial charge < -0.3 is 10.6 Å². The van der Waals surface area contributed by atoms with Gasteiger partial charge in [-0.15, -0.1) is 0 Å². The molecule has 2 N–H and O–H groups in total. The minimum atomic E-state index is -0.727. The topological polar surface area (TPSA) is 149 Å². The number of nitrogens with zero attached hydrogens (tertiary/aromatic N) is 6. The average Bonchev–Trinajstić information content (AvgIpc) is 3.21. The third-order valence-electron chi connectivity index (χ3n) is 5.02. The van der Waals surface area contributed by atoms with Crippen LogP contribution in [0.5, 0.6) is 0 Å². The summed E-state index contributed by atoms with van der Waals surface area (Å²) in [6, 6.07) is 9.58. The van der Waals surface area contributed by atoms with Gasteiger partial charge in [-0.2, -0.15) is 20.0 Å². The fraction of sp³-hybridized carbons (Fsp3) is 0.250. The Kier molecular flexibility index (Phi) is 8.66. The monoisotopic (exact) mass is 556 g/mol. The molecule has 1 unspecified atom stereocenters. The first-order valence-electron chi connectivity index (χ1n) is 10.7. The maximum Gasteiger partial charge on any atom is 0.274 e. The molecular weight excluding hydrogens is 535 g/mol. The van der Waals surface area contributed by atoms with Crippen LogP contribution in [0.25, 0.3) is 5.82 Å². The third-order valence-corrected chi connectivity index (χ3v) is 7.03. The molecule has 3 rings (SSSR count). The molecule has 3 aromatic rings. The van der Waals surface area contributed by atoms with Gasteiger partial charge in [0.05, 0.1) is 27.9 Å². The van der Waals surface area contributed by atoms with E-state index in [0.717, 1.165) is 0 Å². The molecule has 10 nitrogen and oxygen atoms in total. The molecule has 0 spiro atoms. The molecule has 2 heterocycles. The average molecular weight is 557 g/mol. The summed E-state index contributed by atoms with van der Waals surface area (Å²) in [6.07, 6.45) is 5.07. The molecule has 1 aromatic carbocycles. The molecule has 190 valence electrons. The Bertz CT molecular complexity index is 1500. The molecule has 0 aliphatic carbocycles. The van der Waals surface area contributed by atoms with Crippen molar-refractivity contribution in [2.45, 2.75) is 26.3 Å². The van der Waals surface area contributed by atoms with Crippen molar-refractivity contribution in [3.63, 3.8) is 0 Å². The molecule has 2 aromatic heterocycles. The van der Waals surface area contributed by atoms with Crippen LogP contribution in [0.2, 0.25) is 10.2 Å². The summed E-state index contributed by atoms with van der Waals surface area (Å²) in [5.74, 6) is -0.498. The maximum absolute atomic E-state index is 13.4. The van der Waals surface area contributed by atoms with E-state index in [-0.39, 0.29) is 38.5 Å². The third kappa shape index (κ3) is 6.71. The first kappa shape index (κ1) is 27.8. The summed E-state index contributed by atoms with van der Waals surface area (Å²) in [6.45, 7) is 5.28. The molecule has 13 heteroatoms. The van der Waals surface area contributed by atoms with Crippen LogP contribution >= 0.6 is 23.2 Å². The predicted molar refractivity (Wildman–Crippen MR) is 143 cm³/mol. The summed E-state index contributed by atoms with van der Waals surface area (Å²) < 4.78 is 5.02. The molecule has 0 saturated heterocycles. The number of anilines is 1. The Morgan fingerprint density at radius 2 is 1.95 bits per heavy atom. The summed E-state index contributed by atoms with van der Waals surface area (Å²) in [5.41, 5.74) is 0.369. The van der Waals surface area contributed by atoms with Crippen molar-refractivity contribution in [1.29, 1.82) is 10.5 Å². The van der Waals surface area contributed by atoms with Crippen LogP contribution in [0, 0.1) is 29.7 Å². The number of carbonyl (C=O) groups is 2. The van der Waals surface area contributed by atoms with Gasteiger partial charge in [-0.05, 0) is 56.9 Å². The van der Waals surface area contributed by atoms with Gasteiger partial charge in [-0.1, -0.05) is 33.9 Å². The first-order chi connectivity index (χ1) is 17.5. The van der Waals surface area contributed by atoms with Crippen molar-refractivity contribution in [2.75, 3.05) is 17.3 Å². The Morgan fingerprint density at radius 3 is 2.59 bits per heavy atom. The number of pyridine rings is 1. The van der Waals surface area contributed by atoms with Crippen molar-refractivity contribution in [1.82, 2.24) is 20.1 Å². The Balaban J connectivity index is 2.00. The Labute approximate surface area is 226 Å². The number of nitriles is 2. The quantitative estimate of drug-likeness (QED) is 0.411. The molecule has 0 radical (unpaired) electrons. The summed E-state index contributed by atoms with van der Waals surface area (Å²) in [7, 11) is -0.594. The Morgan fingerprint density at radius 1 is 1.22 bits per heavy atom. The van der Waals surface area contributed by atoms with Gasteiger partial charge in [0.1, 0.15) is 5.69 Å². The zero-order valence-electron chi connectivity index (χ0n) is 20.3. The van der Waals surface area contributed by atoms with E-state index in [9.17, 15) is 14.9 Å². The molecule has 0 aliphatic heterocycles. The molecular formula is C24H22Cl2N8O2S. The normalized spacial score (nSPS) is 11.9. The van der Waals surface area contributed by atoms with Crippen LogP contribution in [-0.2, 0) is 10.7 Å². The van der Waals surface area contributed by atoms with Crippen LogP contribution in [0.3, 0.4) is 0 Å². The first-order valence-corrected chi connectivity index (χ1v) is 13.2. The van der Waals surface area contributed by atoms with Crippen molar-refractivity contribution >= 4 is 51.4 Å². The molecule has 0 fully saturated rings. The second-order valence-electron chi connectivity index (χ2n) is 8.63. The van der Waals surface area contributed by atoms with Gasteiger partial charge in [0.25, 0.3) is 11.8 Å². The van der Waals surface area contributed by atoms with Crippen LogP contribution < -0.4 is 10.6 Å². The number of aryl methyl sites for hydroxylation is 1. The lowest BCUT2D eigenvalue weighted by molar-refractivity contribution is 0.0921. The zero-order chi connectivity index (χ0) is 27.3. The van der Waals surface area contributed by atoms with Gasteiger partial charge in [0, 0.05) is 23.6 Å². The van der Waals surface area contributed by atoms with E-state index in [2.05, 4.69) is 25.1 Å². The van der Waals surface area contributed by atoms with Crippen LogP contribution in [0.1, 0.15) is 45.8 Å². The number of benzene rings is 1. The van der Waals surface area contributed by atoms with E-state index in [1.54, 1.807) is 51.4 Å². The fourth-order valence-corrected chi connectivity index (χ4v) is 5.32. The van der Waals surface area contributed by atoms with Gasteiger partial charge in [-0.3, -0.25) is 9.59 Å². The second-order valence-corrected chi connectivity index (χ2v) is 11.1. The van der Waals surface area contributed by atoms with Crippen molar-refractivity contribution in [3.05, 3.63) is 69.1 Å². The number of halogens is 2. The molecule has 0 aliphatic rings. The standard InChI is InChI=1S/C24H22Cl2N8O2S/c1-14-8-15(11-27)9-16(22(35)32-24(2,3)12-37(4)30-13-28)20(14)31-23(36)18-10-19(26)33-34(18)21-17(25)6-5-7-29-21/h5-10H,12H2,1-4H3,(H,31,36)(H,32,35). The van der Waals surface area contributed by atoms with Crippen LogP contribution in [0.15, 0.2) is 40.9 Å². The minimum absolute atomic E-state index is 0.0363. The highest BCUT2D eigenvalue weighted by atomic mass is 35.5. The van der Waals surface area contributed by atoms with Crippen LogP contribution in [0.4, 0.5) is 5.69 Å².